The summed E-state index contributed by atoms with van der Waals surface area (Å²) >= 11 is 1.65. The number of aromatic nitrogens is 1. The third-order valence-corrected chi connectivity index (χ3v) is 3.70. The van der Waals surface area contributed by atoms with Crippen LogP contribution in [0.1, 0.15) is 17.4 Å². The lowest BCUT2D eigenvalue weighted by Crippen LogP contribution is -2.03. The third kappa shape index (κ3) is 2.28. The van der Waals surface area contributed by atoms with E-state index in [4.69, 9.17) is 0 Å². The predicted molar refractivity (Wildman–Crippen MR) is 74.7 cm³/mol. The number of aliphatic hydroxyl groups is 1. The highest BCUT2D eigenvalue weighted by atomic mass is 32.1. The standard InChI is InChI=1S/C15H13NOS/c17-15(9-11-7-8-18-10-11)14-6-5-12-3-1-2-4-13(12)16-14/h1-8,10,15,17H,9H2. The summed E-state index contributed by atoms with van der Waals surface area (Å²) in [5, 5.41) is 15.4. The first-order valence-electron chi connectivity index (χ1n) is 5.88. The van der Waals surface area contributed by atoms with Crippen LogP contribution in [0.5, 0.6) is 0 Å². The van der Waals surface area contributed by atoms with Gasteiger partial charge in [-0.3, -0.25) is 4.98 Å². The Hall–Kier alpha value is -1.71. The normalized spacial score (nSPS) is 12.7. The molecule has 0 fully saturated rings. The summed E-state index contributed by atoms with van der Waals surface area (Å²) in [4.78, 5) is 4.51. The molecule has 1 atom stereocenters. The lowest BCUT2D eigenvalue weighted by Gasteiger charge is -2.09. The maximum atomic E-state index is 10.2. The first kappa shape index (κ1) is 11.4. The largest absolute Gasteiger partial charge is 0.386 e. The summed E-state index contributed by atoms with van der Waals surface area (Å²) in [6, 6.07) is 13.9. The molecule has 0 saturated carbocycles. The van der Waals surface area contributed by atoms with Crippen LogP contribution >= 0.6 is 11.3 Å². The van der Waals surface area contributed by atoms with Crippen LogP contribution in [0.3, 0.4) is 0 Å². The molecule has 3 heteroatoms. The zero-order valence-electron chi connectivity index (χ0n) is 9.78. The number of benzene rings is 1. The molecule has 0 saturated heterocycles. The molecule has 0 aliphatic carbocycles. The van der Waals surface area contributed by atoms with Crippen molar-refractivity contribution in [3.8, 4) is 0 Å². The molecule has 1 aromatic carbocycles. The van der Waals surface area contributed by atoms with Gasteiger partial charge in [0.05, 0.1) is 17.3 Å². The third-order valence-electron chi connectivity index (χ3n) is 2.97. The van der Waals surface area contributed by atoms with E-state index in [0.717, 1.165) is 22.2 Å². The molecule has 90 valence electrons. The van der Waals surface area contributed by atoms with Gasteiger partial charge in [-0.2, -0.15) is 11.3 Å². The lowest BCUT2D eigenvalue weighted by atomic mass is 10.1. The van der Waals surface area contributed by atoms with E-state index in [2.05, 4.69) is 10.4 Å². The van der Waals surface area contributed by atoms with Crippen molar-refractivity contribution in [1.29, 1.82) is 0 Å². The number of aliphatic hydroxyl groups excluding tert-OH is 1. The number of nitrogens with zero attached hydrogens (tertiary/aromatic N) is 1. The van der Waals surface area contributed by atoms with Gasteiger partial charge in [0.25, 0.3) is 0 Å². The van der Waals surface area contributed by atoms with Crippen molar-refractivity contribution in [1.82, 2.24) is 4.98 Å². The number of rotatable bonds is 3. The van der Waals surface area contributed by atoms with Crippen LogP contribution in [0.4, 0.5) is 0 Å². The van der Waals surface area contributed by atoms with Gasteiger partial charge in [-0.05, 0) is 34.5 Å². The SMILES string of the molecule is OC(Cc1ccsc1)c1ccc2ccccc2n1. The van der Waals surface area contributed by atoms with E-state index in [0.29, 0.717) is 6.42 Å². The lowest BCUT2D eigenvalue weighted by molar-refractivity contribution is 0.174. The Kier molecular flexibility index (Phi) is 3.09. The van der Waals surface area contributed by atoms with Gasteiger partial charge in [0, 0.05) is 11.8 Å². The molecule has 0 radical (unpaired) electrons. The fourth-order valence-corrected chi connectivity index (χ4v) is 2.69. The number of fused-ring (bicyclic) bond motifs is 1. The zero-order chi connectivity index (χ0) is 12.4. The highest BCUT2D eigenvalue weighted by molar-refractivity contribution is 7.07. The molecule has 0 aliphatic rings. The Bertz CT molecular complexity index is 648. The van der Waals surface area contributed by atoms with Crippen molar-refractivity contribution in [2.24, 2.45) is 0 Å². The Balaban J connectivity index is 1.89. The molecule has 1 unspecified atom stereocenters. The maximum absolute atomic E-state index is 10.2. The first-order chi connectivity index (χ1) is 8.83. The van der Waals surface area contributed by atoms with Crippen molar-refractivity contribution in [2.75, 3.05) is 0 Å². The van der Waals surface area contributed by atoms with E-state index in [1.807, 2.05) is 47.8 Å². The van der Waals surface area contributed by atoms with E-state index < -0.39 is 6.10 Å². The summed E-state index contributed by atoms with van der Waals surface area (Å²) in [6.45, 7) is 0. The molecule has 3 aromatic rings. The van der Waals surface area contributed by atoms with Crippen molar-refractivity contribution >= 4 is 22.2 Å². The fourth-order valence-electron chi connectivity index (χ4n) is 2.00. The smallest absolute Gasteiger partial charge is 0.1000 e. The van der Waals surface area contributed by atoms with Gasteiger partial charge in [-0.15, -0.1) is 0 Å². The number of hydrogen-bond donors (Lipinski definition) is 1. The second kappa shape index (κ2) is 4.88. The molecule has 2 heterocycles. The average molecular weight is 255 g/mol. The van der Waals surface area contributed by atoms with E-state index in [1.54, 1.807) is 11.3 Å². The topological polar surface area (TPSA) is 33.1 Å². The highest BCUT2D eigenvalue weighted by Gasteiger charge is 2.10. The molecular weight excluding hydrogens is 242 g/mol. The first-order valence-corrected chi connectivity index (χ1v) is 6.82. The van der Waals surface area contributed by atoms with Crippen LogP contribution in [-0.2, 0) is 6.42 Å². The molecule has 3 rings (SSSR count). The Morgan fingerprint density at radius 1 is 1.11 bits per heavy atom. The molecule has 2 nitrogen and oxygen atoms in total. The van der Waals surface area contributed by atoms with Crippen LogP contribution in [0, 0.1) is 0 Å². The van der Waals surface area contributed by atoms with Gasteiger partial charge in [0.1, 0.15) is 0 Å². The zero-order valence-corrected chi connectivity index (χ0v) is 10.6. The molecular formula is C15H13NOS. The second-order valence-corrected chi connectivity index (χ2v) is 5.06. The fraction of sp³-hybridized carbons (Fsp3) is 0.133. The van der Waals surface area contributed by atoms with E-state index in [-0.39, 0.29) is 0 Å². The highest BCUT2D eigenvalue weighted by Crippen LogP contribution is 2.20. The summed E-state index contributed by atoms with van der Waals surface area (Å²) < 4.78 is 0. The Morgan fingerprint density at radius 2 is 2.00 bits per heavy atom. The van der Waals surface area contributed by atoms with Crippen LogP contribution in [-0.4, -0.2) is 10.1 Å². The number of pyridine rings is 1. The minimum atomic E-state index is -0.538. The monoisotopic (exact) mass is 255 g/mol. The minimum absolute atomic E-state index is 0.538. The van der Waals surface area contributed by atoms with Crippen molar-refractivity contribution in [2.45, 2.75) is 12.5 Å². The molecule has 0 aliphatic heterocycles. The van der Waals surface area contributed by atoms with Crippen LogP contribution in [0.15, 0.2) is 53.2 Å². The van der Waals surface area contributed by atoms with Gasteiger partial charge in [0.2, 0.25) is 0 Å². The van der Waals surface area contributed by atoms with Gasteiger partial charge >= 0.3 is 0 Å². The van der Waals surface area contributed by atoms with Crippen molar-refractivity contribution < 1.29 is 5.11 Å². The van der Waals surface area contributed by atoms with Gasteiger partial charge in [0.15, 0.2) is 0 Å². The second-order valence-electron chi connectivity index (χ2n) is 4.28. The molecule has 18 heavy (non-hydrogen) atoms. The summed E-state index contributed by atoms with van der Waals surface area (Å²) in [7, 11) is 0. The summed E-state index contributed by atoms with van der Waals surface area (Å²) in [5.41, 5.74) is 2.82. The number of thiophene rings is 1. The number of hydrogen-bond acceptors (Lipinski definition) is 3. The quantitative estimate of drug-likeness (QED) is 0.776. The van der Waals surface area contributed by atoms with Gasteiger partial charge in [-0.25, -0.2) is 0 Å². The molecule has 1 N–H and O–H groups in total. The van der Waals surface area contributed by atoms with E-state index in [1.165, 1.54) is 0 Å². The Labute approximate surface area is 110 Å². The van der Waals surface area contributed by atoms with E-state index in [9.17, 15) is 5.11 Å². The van der Waals surface area contributed by atoms with Crippen molar-refractivity contribution in [3.63, 3.8) is 0 Å². The molecule has 2 aromatic heterocycles. The maximum Gasteiger partial charge on any atom is 0.1000 e. The summed E-state index contributed by atoms with van der Waals surface area (Å²) in [6.07, 6.45) is 0.0821. The van der Waals surface area contributed by atoms with Crippen LogP contribution in [0.2, 0.25) is 0 Å². The van der Waals surface area contributed by atoms with Crippen LogP contribution < -0.4 is 0 Å². The molecule has 0 amide bonds. The molecule has 0 bridgehead atoms. The van der Waals surface area contributed by atoms with Gasteiger partial charge < -0.3 is 5.11 Å². The van der Waals surface area contributed by atoms with Crippen LogP contribution in [0.25, 0.3) is 10.9 Å². The van der Waals surface area contributed by atoms with Crippen molar-refractivity contribution in [3.05, 3.63) is 64.5 Å². The molecule has 0 spiro atoms. The Morgan fingerprint density at radius 3 is 2.83 bits per heavy atom. The predicted octanol–water partition coefficient (Wildman–Crippen LogP) is 3.57. The van der Waals surface area contributed by atoms with Gasteiger partial charge in [-0.1, -0.05) is 24.3 Å². The minimum Gasteiger partial charge on any atom is -0.386 e. The van der Waals surface area contributed by atoms with E-state index >= 15 is 0 Å². The number of para-hydroxylation sites is 1. The summed E-state index contributed by atoms with van der Waals surface area (Å²) in [5.74, 6) is 0. The average Bonchev–Trinajstić information content (AvgIpc) is 2.91.